The fourth-order valence-corrected chi connectivity index (χ4v) is 4.56. The van der Waals surface area contributed by atoms with Crippen LogP contribution in [0.2, 0.25) is 5.02 Å². The molecule has 0 saturated carbocycles. The second-order valence-electron chi connectivity index (χ2n) is 8.23. The van der Waals surface area contributed by atoms with Crippen molar-refractivity contribution in [3.8, 4) is 5.75 Å². The molecule has 1 N–H and O–H groups in total. The summed E-state index contributed by atoms with van der Waals surface area (Å²) >= 11 is 9.50. The minimum Gasteiger partial charge on any atom is -0.495 e. The Morgan fingerprint density at radius 1 is 1.14 bits per heavy atom. The molecular formula is C24H31BrClN3O5S. The Morgan fingerprint density at radius 2 is 1.77 bits per heavy atom. The lowest BCUT2D eigenvalue weighted by atomic mass is 10.1. The average molecular weight is 589 g/mol. The van der Waals surface area contributed by atoms with Gasteiger partial charge in [-0.25, -0.2) is 8.42 Å². The highest BCUT2D eigenvalue weighted by atomic mass is 79.9. The van der Waals surface area contributed by atoms with Crippen molar-refractivity contribution in [3.05, 3.63) is 57.5 Å². The molecule has 11 heteroatoms. The number of anilines is 1. The number of sulfonamides is 1. The molecule has 2 atom stereocenters. The summed E-state index contributed by atoms with van der Waals surface area (Å²) in [6.07, 6.45) is 1.73. The molecule has 2 aromatic rings. The number of carbonyl (C=O) groups is 2. The SMILES string of the molecule is CC[C@@H](C)NC(=O)[C@H](C)N(Cc1ccc(Br)cc1)C(=O)CN(c1cc(Cl)ccc1OC)S(C)(=O)=O. The topological polar surface area (TPSA) is 96.0 Å². The summed E-state index contributed by atoms with van der Waals surface area (Å²) in [4.78, 5) is 27.9. The van der Waals surface area contributed by atoms with Gasteiger partial charge in [0.1, 0.15) is 18.3 Å². The van der Waals surface area contributed by atoms with Gasteiger partial charge in [0, 0.05) is 22.1 Å². The molecule has 2 aromatic carbocycles. The van der Waals surface area contributed by atoms with Crippen LogP contribution in [0.25, 0.3) is 0 Å². The Labute approximate surface area is 220 Å². The fraction of sp³-hybridized carbons (Fsp3) is 0.417. The first-order chi connectivity index (χ1) is 16.4. The smallest absolute Gasteiger partial charge is 0.244 e. The molecule has 0 saturated heterocycles. The molecule has 2 amide bonds. The van der Waals surface area contributed by atoms with E-state index >= 15 is 0 Å². The maximum atomic E-state index is 13.6. The zero-order valence-electron chi connectivity index (χ0n) is 20.4. The molecule has 0 aliphatic rings. The van der Waals surface area contributed by atoms with Gasteiger partial charge in [-0.3, -0.25) is 13.9 Å². The van der Waals surface area contributed by atoms with Gasteiger partial charge >= 0.3 is 0 Å². The van der Waals surface area contributed by atoms with Crippen molar-refractivity contribution in [3.63, 3.8) is 0 Å². The van der Waals surface area contributed by atoms with E-state index in [1.54, 1.807) is 13.0 Å². The number of amides is 2. The van der Waals surface area contributed by atoms with E-state index in [1.165, 1.54) is 24.1 Å². The molecule has 8 nitrogen and oxygen atoms in total. The highest BCUT2D eigenvalue weighted by Crippen LogP contribution is 2.33. The summed E-state index contributed by atoms with van der Waals surface area (Å²) in [6, 6.07) is 10.9. The van der Waals surface area contributed by atoms with Gasteiger partial charge in [0.05, 0.1) is 19.1 Å². The van der Waals surface area contributed by atoms with Crippen LogP contribution < -0.4 is 14.4 Å². The third-order valence-electron chi connectivity index (χ3n) is 5.52. The number of carbonyl (C=O) groups excluding carboxylic acids is 2. The van der Waals surface area contributed by atoms with Gasteiger partial charge in [0.25, 0.3) is 0 Å². The zero-order valence-corrected chi connectivity index (χ0v) is 23.6. The van der Waals surface area contributed by atoms with Crippen molar-refractivity contribution in [2.24, 2.45) is 0 Å². The quantitative estimate of drug-likeness (QED) is 0.424. The lowest BCUT2D eigenvalue weighted by molar-refractivity contribution is -0.139. The predicted octanol–water partition coefficient (Wildman–Crippen LogP) is 4.21. The molecule has 0 heterocycles. The first kappa shape index (κ1) is 28.9. The molecule has 0 spiro atoms. The van der Waals surface area contributed by atoms with Crippen molar-refractivity contribution in [2.75, 3.05) is 24.2 Å². The highest BCUT2D eigenvalue weighted by molar-refractivity contribution is 9.10. The number of hydrogen-bond acceptors (Lipinski definition) is 5. The van der Waals surface area contributed by atoms with Crippen LogP contribution in [0.4, 0.5) is 5.69 Å². The molecule has 35 heavy (non-hydrogen) atoms. The van der Waals surface area contributed by atoms with E-state index in [4.69, 9.17) is 16.3 Å². The molecule has 192 valence electrons. The number of benzene rings is 2. The number of nitrogens with one attached hydrogen (secondary N) is 1. The Bertz CT molecular complexity index is 1140. The average Bonchev–Trinajstić information content (AvgIpc) is 2.80. The summed E-state index contributed by atoms with van der Waals surface area (Å²) in [5.41, 5.74) is 0.923. The second kappa shape index (κ2) is 12.6. The van der Waals surface area contributed by atoms with E-state index in [0.717, 1.165) is 27.0 Å². The van der Waals surface area contributed by atoms with E-state index < -0.39 is 28.5 Å². The van der Waals surface area contributed by atoms with Crippen LogP contribution in [-0.4, -0.2) is 57.1 Å². The maximum absolute atomic E-state index is 13.6. The Kier molecular flexibility index (Phi) is 10.4. The van der Waals surface area contributed by atoms with E-state index in [9.17, 15) is 18.0 Å². The molecule has 0 aromatic heterocycles. The standard InChI is InChI=1S/C24H31BrClN3O5S/c1-6-16(2)27-24(31)17(3)28(14-18-7-9-19(25)10-8-18)23(30)15-29(35(5,32)33)21-13-20(26)11-12-22(21)34-4/h7-13,16-17H,6,14-15H2,1-5H3,(H,27,31)/t16-,17+/m1/s1. The minimum absolute atomic E-state index is 0.0715. The van der Waals surface area contributed by atoms with Crippen LogP contribution in [0.15, 0.2) is 46.9 Å². The number of nitrogens with zero attached hydrogens (tertiary/aromatic N) is 2. The summed E-state index contributed by atoms with van der Waals surface area (Å²) in [6.45, 7) is 5.03. The number of rotatable bonds is 11. The Hall–Kier alpha value is -2.30. The third kappa shape index (κ3) is 8.12. The minimum atomic E-state index is -3.90. The number of ether oxygens (including phenoxy) is 1. The predicted molar refractivity (Wildman–Crippen MR) is 142 cm³/mol. The van der Waals surface area contributed by atoms with Gasteiger partial charge in [-0.05, 0) is 56.2 Å². The Morgan fingerprint density at radius 3 is 2.31 bits per heavy atom. The molecule has 0 radical (unpaired) electrons. The van der Waals surface area contributed by atoms with Gasteiger partial charge in [-0.2, -0.15) is 0 Å². The van der Waals surface area contributed by atoms with Crippen molar-refractivity contribution < 1.29 is 22.7 Å². The van der Waals surface area contributed by atoms with Crippen LogP contribution in [0, 0.1) is 0 Å². The van der Waals surface area contributed by atoms with Gasteiger partial charge in [0.2, 0.25) is 21.8 Å². The van der Waals surface area contributed by atoms with Crippen molar-refractivity contribution in [2.45, 2.75) is 45.8 Å². The molecule has 2 rings (SSSR count). The van der Waals surface area contributed by atoms with E-state index in [-0.39, 0.29) is 35.0 Å². The monoisotopic (exact) mass is 587 g/mol. The second-order valence-corrected chi connectivity index (χ2v) is 11.5. The lowest BCUT2D eigenvalue weighted by Crippen LogP contribution is -2.52. The lowest BCUT2D eigenvalue weighted by Gasteiger charge is -2.32. The number of methoxy groups -OCH3 is 1. The van der Waals surface area contributed by atoms with Crippen LogP contribution >= 0.6 is 27.5 Å². The molecular weight excluding hydrogens is 558 g/mol. The molecule has 0 aliphatic heterocycles. The van der Waals surface area contributed by atoms with E-state index in [2.05, 4.69) is 21.2 Å². The van der Waals surface area contributed by atoms with Crippen LogP contribution in [0.3, 0.4) is 0 Å². The molecule has 0 fully saturated rings. The van der Waals surface area contributed by atoms with E-state index in [1.807, 2.05) is 38.1 Å². The first-order valence-corrected chi connectivity index (χ1v) is 14.0. The van der Waals surface area contributed by atoms with Gasteiger partial charge in [-0.1, -0.05) is 46.6 Å². The maximum Gasteiger partial charge on any atom is 0.244 e. The van der Waals surface area contributed by atoms with Gasteiger partial charge < -0.3 is 15.0 Å². The van der Waals surface area contributed by atoms with Crippen molar-refractivity contribution >= 4 is 55.1 Å². The van der Waals surface area contributed by atoms with Crippen LogP contribution in [0.5, 0.6) is 5.75 Å². The molecule has 0 aliphatic carbocycles. The van der Waals surface area contributed by atoms with Gasteiger partial charge in [0.15, 0.2) is 0 Å². The van der Waals surface area contributed by atoms with Crippen molar-refractivity contribution in [1.29, 1.82) is 0 Å². The Balaban J connectivity index is 2.45. The zero-order chi connectivity index (χ0) is 26.3. The molecule has 0 bridgehead atoms. The highest BCUT2D eigenvalue weighted by Gasteiger charge is 2.31. The van der Waals surface area contributed by atoms with E-state index in [0.29, 0.717) is 0 Å². The fourth-order valence-electron chi connectivity index (χ4n) is 3.29. The van der Waals surface area contributed by atoms with Crippen molar-refractivity contribution in [1.82, 2.24) is 10.2 Å². The summed E-state index contributed by atoms with van der Waals surface area (Å²) < 4.78 is 32.6. The third-order valence-corrected chi connectivity index (χ3v) is 7.41. The molecule has 0 unspecified atom stereocenters. The number of hydrogen-bond donors (Lipinski definition) is 1. The normalized spacial score (nSPS) is 13.0. The largest absolute Gasteiger partial charge is 0.495 e. The summed E-state index contributed by atoms with van der Waals surface area (Å²) in [5.74, 6) is -0.627. The number of halogens is 2. The van der Waals surface area contributed by atoms with Gasteiger partial charge in [-0.15, -0.1) is 0 Å². The summed E-state index contributed by atoms with van der Waals surface area (Å²) in [7, 11) is -2.50. The first-order valence-electron chi connectivity index (χ1n) is 11.0. The summed E-state index contributed by atoms with van der Waals surface area (Å²) in [5, 5.41) is 3.18. The van der Waals surface area contributed by atoms with Crippen LogP contribution in [0.1, 0.15) is 32.8 Å². The van der Waals surface area contributed by atoms with Crippen LogP contribution in [-0.2, 0) is 26.2 Å².